The fourth-order valence-electron chi connectivity index (χ4n) is 2.53. The van der Waals surface area contributed by atoms with Crippen LogP contribution in [-0.2, 0) is 4.74 Å². The van der Waals surface area contributed by atoms with Crippen molar-refractivity contribution in [2.45, 2.75) is 44.3 Å². The Morgan fingerprint density at radius 3 is 2.83 bits per heavy atom. The van der Waals surface area contributed by atoms with E-state index in [2.05, 4.69) is 32.5 Å². The van der Waals surface area contributed by atoms with E-state index >= 15 is 0 Å². The molecule has 1 aliphatic heterocycles. The topological polar surface area (TPSA) is 138 Å². The summed E-state index contributed by atoms with van der Waals surface area (Å²) in [6, 6.07) is 0. The lowest BCUT2D eigenvalue weighted by Crippen LogP contribution is -2.33. The summed E-state index contributed by atoms with van der Waals surface area (Å²) < 4.78 is 6.75. The minimum atomic E-state index is -1.23. The molecule has 2 aromatic heterocycles. The average molecular weight is 324 g/mol. The quantitative estimate of drug-likeness (QED) is 0.495. The lowest BCUT2D eigenvalue weighted by Gasteiger charge is -2.14. The standard InChI is InChI=1S/C13H20N6O4/c1-2-3-4-14-11-8-12(16-6-15-11)19(18-17-8)13-10(22)9(21)7(5-20)23-13/h6-7,9-10,13,20-22H,2-5H2,1H3,(H,14,15,16)/t7-,9-,10-,13-/m1/s1. The molecule has 1 saturated heterocycles. The molecule has 1 fully saturated rings. The molecule has 0 unspecified atom stereocenters. The molecule has 0 radical (unpaired) electrons. The first-order valence-corrected chi connectivity index (χ1v) is 7.59. The van der Waals surface area contributed by atoms with Gasteiger partial charge in [-0.1, -0.05) is 18.6 Å². The summed E-state index contributed by atoms with van der Waals surface area (Å²) in [5, 5.41) is 40.3. The molecule has 4 N–H and O–H groups in total. The molecule has 0 aromatic carbocycles. The van der Waals surface area contributed by atoms with Crippen molar-refractivity contribution in [2.75, 3.05) is 18.5 Å². The number of rotatable bonds is 6. The highest BCUT2D eigenvalue weighted by Crippen LogP contribution is 2.31. The van der Waals surface area contributed by atoms with Gasteiger partial charge in [-0.25, -0.2) is 9.97 Å². The molecule has 2 aromatic rings. The van der Waals surface area contributed by atoms with E-state index in [0.29, 0.717) is 17.0 Å². The molecule has 4 atom stereocenters. The van der Waals surface area contributed by atoms with Crippen molar-refractivity contribution < 1.29 is 20.1 Å². The van der Waals surface area contributed by atoms with Gasteiger partial charge < -0.3 is 25.4 Å². The predicted molar refractivity (Wildman–Crippen MR) is 79.5 cm³/mol. The highest BCUT2D eigenvalue weighted by Gasteiger charge is 2.44. The van der Waals surface area contributed by atoms with Crippen LogP contribution >= 0.6 is 0 Å². The Hall–Kier alpha value is -1.88. The molecule has 3 heterocycles. The van der Waals surface area contributed by atoms with Crippen LogP contribution in [-0.4, -0.2) is 71.7 Å². The van der Waals surface area contributed by atoms with Crippen LogP contribution < -0.4 is 5.32 Å². The first kappa shape index (κ1) is 16.0. The molecule has 23 heavy (non-hydrogen) atoms. The first-order valence-electron chi connectivity index (χ1n) is 7.59. The zero-order chi connectivity index (χ0) is 16.4. The lowest BCUT2D eigenvalue weighted by atomic mass is 10.1. The third-order valence-electron chi connectivity index (χ3n) is 3.84. The zero-order valence-electron chi connectivity index (χ0n) is 12.7. The van der Waals surface area contributed by atoms with Crippen molar-refractivity contribution in [2.24, 2.45) is 0 Å². The van der Waals surface area contributed by atoms with Gasteiger partial charge in [-0.3, -0.25) is 0 Å². The van der Waals surface area contributed by atoms with Crippen LogP contribution in [0, 0.1) is 0 Å². The van der Waals surface area contributed by atoms with Gasteiger partial charge in [0.25, 0.3) is 0 Å². The van der Waals surface area contributed by atoms with Gasteiger partial charge in [-0.15, -0.1) is 5.10 Å². The number of aromatic nitrogens is 5. The summed E-state index contributed by atoms with van der Waals surface area (Å²) in [5.41, 5.74) is 0.843. The largest absolute Gasteiger partial charge is 0.394 e. The summed E-state index contributed by atoms with van der Waals surface area (Å²) in [6.07, 6.45) is -0.858. The summed E-state index contributed by atoms with van der Waals surface area (Å²) in [7, 11) is 0. The number of hydrogen-bond acceptors (Lipinski definition) is 9. The van der Waals surface area contributed by atoms with Crippen molar-refractivity contribution in [1.82, 2.24) is 25.0 Å². The van der Waals surface area contributed by atoms with Gasteiger partial charge in [0.15, 0.2) is 23.2 Å². The van der Waals surface area contributed by atoms with E-state index < -0.39 is 31.1 Å². The van der Waals surface area contributed by atoms with E-state index in [1.165, 1.54) is 11.0 Å². The second-order valence-electron chi connectivity index (χ2n) is 5.44. The predicted octanol–water partition coefficient (Wildman–Crippen LogP) is -0.955. The molecule has 1 aliphatic rings. The summed E-state index contributed by atoms with van der Waals surface area (Å²) >= 11 is 0. The van der Waals surface area contributed by atoms with Crippen molar-refractivity contribution >= 4 is 17.0 Å². The van der Waals surface area contributed by atoms with Crippen LogP contribution in [0.25, 0.3) is 11.2 Å². The molecule has 10 nitrogen and oxygen atoms in total. The van der Waals surface area contributed by atoms with Crippen LogP contribution in [0.15, 0.2) is 6.33 Å². The molecular weight excluding hydrogens is 304 g/mol. The Balaban J connectivity index is 1.90. The van der Waals surface area contributed by atoms with E-state index in [0.717, 1.165) is 19.4 Å². The lowest BCUT2D eigenvalue weighted by molar-refractivity contribution is -0.0574. The van der Waals surface area contributed by atoms with E-state index in [9.17, 15) is 15.3 Å². The summed E-state index contributed by atoms with van der Waals surface area (Å²) in [5.74, 6) is 0.557. The van der Waals surface area contributed by atoms with Crippen LogP contribution in [0.3, 0.4) is 0 Å². The number of anilines is 1. The number of nitrogens with one attached hydrogen (secondary N) is 1. The van der Waals surface area contributed by atoms with E-state index in [1.54, 1.807) is 0 Å². The fourth-order valence-corrected chi connectivity index (χ4v) is 2.53. The van der Waals surface area contributed by atoms with Gasteiger partial charge in [0.2, 0.25) is 0 Å². The van der Waals surface area contributed by atoms with E-state index in [4.69, 9.17) is 4.74 Å². The highest BCUT2D eigenvalue weighted by atomic mass is 16.6. The maximum atomic E-state index is 10.1. The van der Waals surface area contributed by atoms with E-state index in [-0.39, 0.29) is 0 Å². The Morgan fingerprint density at radius 2 is 2.13 bits per heavy atom. The first-order chi connectivity index (χ1) is 11.2. The molecule has 0 bridgehead atoms. The van der Waals surface area contributed by atoms with Gasteiger partial charge in [-0.2, -0.15) is 4.68 Å². The number of fused-ring (bicyclic) bond motifs is 1. The average Bonchev–Trinajstić information content (AvgIpc) is 3.11. The minimum Gasteiger partial charge on any atom is -0.394 e. The second kappa shape index (κ2) is 6.71. The van der Waals surface area contributed by atoms with Crippen LogP contribution in [0.4, 0.5) is 5.82 Å². The number of aliphatic hydroxyl groups is 3. The monoisotopic (exact) mass is 324 g/mol. The number of aliphatic hydroxyl groups excluding tert-OH is 3. The normalized spacial score (nSPS) is 27.7. The summed E-state index contributed by atoms with van der Waals surface area (Å²) in [4.78, 5) is 8.29. The zero-order valence-corrected chi connectivity index (χ0v) is 12.7. The third-order valence-corrected chi connectivity index (χ3v) is 3.84. The maximum absolute atomic E-state index is 10.1. The maximum Gasteiger partial charge on any atom is 0.186 e. The fraction of sp³-hybridized carbons (Fsp3) is 0.692. The van der Waals surface area contributed by atoms with Gasteiger partial charge in [0.05, 0.1) is 6.61 Å². The van der Waals surface area contributed by atoms with Crippen molar-refractivity contribution in [3.8, 4) is 0 Å². The molecule has 0 amide bonds. The number of ether oxygens (including phenoxy) is 1. The third kappa shape index (κ3) is 2.85. The molecule has 3 rings (SSSR count). The van der Waals surface area contributed by atoms with Gasteiger partial charge >= 0.3 is 0 Å². The van der Waals surface area contributed by atoms with E-state index in [1.807, 2.05) is 0 Å². The van der Waals surface area contributed by atoms with Crippen LogP contribution in [0.5, 0.6) is 0 Å². The molecule has 10 heteroatoms. The van der Waals surface area contributed by atoms with Gasteiger partial charge in [0.1, 0.15) is 24.6 Å². The molecule has 0 spiro atoms. The number of unbranched alkanes of at least 4 members (excludes halogenated alkanes) is 1. The second-order valence-corrected chi connectivity index (χ2v) is 5.44. The summed E-state index contributed by atoms with van der Waals surface area (Å²) in [6.45, 7) is 2.44. The number of nitrogens with zero attached hydrogens (tertiary/aromatic N) is 5. The molecule has 0 aliphatic carbocycles. The Morgan fingerprint density at radius 1 is 1.30 bits per heavy atom. The van der Waals surface area contributed by atoms with Gasteiger partial charge in [-0.05, 0) is 6.42 Å². The Labute approximate surface area is 132 Å². The highest BCUT2D eigenvalue weighted by molar-refractivity contribution is 5.81. The molecule has 126 valence electrons. The SMILES string of the molecule is CCCCNc1ncnc2c1nnn2[C@@H]1O[C@H](CO)[C@@H](O)[C@H]1O. The van der Waals surface area contributed by atoms with Crippen LogP contribution in [0.2, 0.25) is 0 Å². The van der Waals surface area contributed by atoms with Crippen molar-refractivity contribution in [3.05, 3.63) is 6.33 Å². The number of hydrogen-bond donors (Lipinski definition) is 4. The Bertz CT molecular complexity index is 665. The minimum absolute atomic E-state index is 0.383. The van der Waals surface area contributed by atoms with Crippen LogP contribution in [0.1, 0.15) is 26.0 Å². The van der Waals surface area contributed by atoms with Crippen molar-refractivity contribution in [1.29, 1.82) is 0 Å². The Kier molecular flexibility index (Phi) is 4.66. The smallest absolute Gasteiger partial charge is 0.186 e. The van der Waals surface area contributed by atoms with Crippen molar-refractivity contribution in [3.63, 3.8) is 0 Å². The molecule has 0 saturated carbocycles. The van der Waals surface area contributed by atoms with Gasteiger partial charge in [0, 0.05) is 6.54 Å². The molecular formula is C13H20N6O4.